The van der Waals surface area contributed by atoms with Crippen LogP contribution in [0.25, 0.3) is 0 Å². The lowest BCUT2D eigenvalue weighted by molar-refractivity contribution is -0.144. The first-order valence-electron chi connectivity index (χ1n) is 6.23. The van der Waals surface area contributed by atoms with Crippen molar-refractivity contribution < 1.29 is 14.3 Å². The molecule has 0 radical (unpaired) electrons. The zero-order chi connectivity index (χ0) is 14.2. The number of nitrogens with one attached hydrogen (secondary N) is 1. The number of esters is 1. The number of hydrogen-bond donors (Lipinski definition) is 1. The summed E-state index contributed by atoms with van der Waals surface area (Å²) in [6.45, 7) is 16.3. The second-order valence-electron chi connectivity index (χ2n) is 4.74. The molecule has 0 aromatic carbocycles. The average molecular weight is 255 g/mol. The predicted molar refractivity (Wildman–Crippen MR) is 73.0 cm³/mol. The summed E-state index contributed by atoms with van der Waals surface area (Å²) in [6, 6.07) is 0. The van der Waals surface area contributed by atoms with Gasteiger partial charge in [-0.3, -0.25) is 4.79 Å². The van der Waals surface area contributed by atoms with Crippen LogP contribution in [0, 0.1) is 0 Å². The van der Waals surface area contributed by atoms with E-state index in [0.717, 1.165) is 5.70 Å². The van der Waals surface area contributed by atoms with Gasteiger partial charge in [0.25, 0.3) is 0 Å². The molecule has 104 valence electrons. The average Bonchev–Trinajstić information content (AvgIpc) is 2.14. The van der Waals surface area contributed by atoms with Crippen LogP contribution in [0.1, 0.15) is 40.5 Å². The zero-order valence-corrected chi connectivity index (χ0v) is 12.0. The number of hydrogen-bond acceptors (Lipinski definition) is 4. The first-order chi connectivity index (χ1) is 8.30. The third-order valence-corrected chi connectivity index (χ3v) is 2.17. The molecule has 0 rings (SSSR count). The van der Waals surface area contributed by atoms with Gasteiger partial charge < -0.3 is 14.8 Å². The van der Waals surface area contributed by atoms with E-state index in [2.05, 4.69) is 18.5 Å². The molecule has 0 aliphatic heterocycles. The van der Waals surface area contributed by atoms with Crippen molar-refractivity contribution in [3.05, 3.63) is 24.6 Å². The smallest absolute Gasteiger partial charge is 0.308 e. The van der Waals surface area contributed by atoms with Crippen molar-refractivity contribution in [2.45, 2.75) is 46.1 Å². The Hall–Kier alpha value is -1.45. The van der Waals surface area contributed by atoms with Gasteiger partial charge in [0.1, 0.15) is 0 Å². The minimum Gasteiger partial charge on any atom is -0.498 e. The molecule has 0 aliphatic carbocycles. The quantitative estimate of drug-likeness (QED) is 0.508. The van der Waals surface area contributed by atoms with E-state index in [1.54, 1.807) is 6.92 Å². The summed E-state index contributed by atoms with van der Waals surface area (Å²) in [4.78, 5) is 11.4. The minimum atomic E-state index is -0.393. The van der Waals surface area contributed by atoms with Gasteiger partial charge in [-0.1, -0.05) is 13.2 Å². The van der Waals surface area contributed by atoms with Gasteiger partial charge in [0.05, 0.1) is 25.4 Å². The molecule has 0 amide bonds. The molecule has 0 bridgehead atoms. The Morgan fingerprint density at radius 3 is 2.22 bits per heavy atom. The number of carbonyl (C=O) groups excluding carboxylic acids is 1. The molecular weight excluding hydrogens is 230 g/mol. The Kier molecular flexibility index (Phi) is 7.17. The molecule has 18 heavy (non-hydrogen) atoms. The van der Waals surface area contributed by atoms with Crippen molar-refractivity contribution in [1.82, 2.24) is 5.32 Å². The maximum Gasteiger partial charge on any atom is 0.308 e. The first-order valence-corrected chi connectivity index (χ1v) is 6.23. The number of rotatable bonds is 9. The van der Waals surface area contributed by atoms with Crippen molar-refractivity contribution in [3.63, 3.8) is 0 Å². The SMILES string of the molecule is C=C(CC(=C)OCC)NC(C)(C)CC(=O)OCC. The molecule has 0 heterocycles. The third kappa shape index (κ3) is 7.76. The molecule has 1 N–H and O–H groups in total. The fraction of sp³-hybridized carbons (Fsp3) is 0.643. The predicted octanol–water partition coefficient (Wildman–Crippen LogP) is 2.76. The van der Waals surface area contributed by atoms with Crippen molar-refractivity contribution in [3.8, 4) is 0 Å². The second kappa shape index (κ2) is 7.80. The maximum atomic E-state index is 11.4. The van der Waals surface area contributed by atoms with Crippen LogP contribution in [-0.4, -0.2) is 24.7 Å². The summed E-state index contributed by atoms with van der Waals surface area (Å²) in [5.41, 5.74) is 0.387. The van der Waals surface area contributed by atoms with Crippen molar-refractivity contribution in [2.24, 2.45) is 0 Å². The van der Waals surface area contributed by atoms with Crippen molar-refractivity contribution >= 4 is 5.97 Å². The Labute approximate surface area is 110 Å². The van der Waals surface area contributed by atoms with E-state index in [1.165, 1.54) is 0 Å². The van der Waals surface area contributed by atoms with Gasteiger partial charge in [-0.05, 0) is 27.7 Å². The fourth-order valence-electron chi connectivity index (χ4n) is 1.63. The number of ether oxygens (including phenoxy) is 2. The summed E-state index contributed by atoms with van der Waals surface area (Å²) < 4.78 is 10.2. The van der Waals surface area contributed by atoms with Crippen LogP contribution in [0.4, 0.5) is 0 Å². The first kappa shape index (κ1) is 16.6. The zero-order valence-electron chi connectivity index (χ0n) is 12.0. The van der Waals surface area contributed by atoms with Crippen LogP contribution in [0.15, 0.2) is 24.6 Å². The lowest BCUT2D eigenvalue weighted by Crippen LogP contribution is -2.40. The summed E-state index contributed by atoms with van der Waals surface area (Å²) in [5.74, 6) is 0.452. The topological polar surface area (TPSA) is 47.6 Å². The lowest BCUT2D eigenvalue weighted by Gasteiger charge is -2.28. The van der Waals surface area contributed by atoms with E-state index in [1.807, 2.05) is 20.8 Å². The van der Waals surface area contributed by atoms with E-state index >= 15 is 0 Å². The van der Waals surface area contributed by atoms with Gasteiger partial charge in [-0.25, -0.2) is 0 Å². The molecule has 0 atom stereocenters. The van der Waals surface area contributed by atoms with Crippen LogP contribution in [0.2, 0.25) is 0 Å². The lowest BCUT2D eigenvalue weighted by atomic mass is 10.00. The molecule has 0 fully saturated rings. The molecule has 0 aromatic rings. The maximum absolute atomic E-state index is 11.4. The van der Waals surface area contributed by atoms with Crippen molar-refractivity contribution in [2.75, 3.05) is 13.2 Å². The van der Waals surface area contributed by atoms with Crippen LogP contribution in [0.5, 0.6) is 0 Å². The highest BCUT2D eigenvalue weighted by Crippen LogP contribution is 2.15. The molecule has 4 heteroatoms. The molecule has 0 aromatic heterocycles. The summed E-state index contributed by atoms with van der Waals surface area (Å²) in [6.07, 6.45) is 0.834. The molecular formula is C14H25NO3. The van der Waals surface area contributed by atoms with Gasteiger partial charge >= 0.3 is 5.97 Å². The summed E-state index contributed by atoms with van der Waals surface area (Å²) >= 11 is 0. The van der Waals surface area contributed by atoms with E-state index in [4.69, 9.17) is 9.47 Å². The third-order valence-electron chi connectivity index (χ3n) is 2.17. The van der Waals surface area contributed by atoms with Gasteiger partial charge in [-0.15, -0.1) is 0 Å². The molecule has 0 aliphatic rings. The number of carbonyl (C=O) groups is 1. The van der Waals surface area contributed by atoms with Gasteiger partial charge in [-0.2, -0.15) is 0 Å². The van der Waals surface area contributed by atoms with E-state index in [9.17, 15) is 4.79 Å². The Bertz CT molecular complexity index is 308. The molecule has 4 nitrogen and oxygen atoms in total. The van der Waals surface area contributed by atoms with Crippen LogP contribution >= 0.6 is 0 Å². The minimum absolute atomic E-state index is 0.216. The largest absolute Gasteiger partial charge is 0.498 e. The second-order valence-corrected chi connectivity index (χ2v) is 4.74. The Balaban J connectivity index is 4.18. The monoisotopic (exact) mass is 255 g/mol. The summed E-state index contributed by atoms with van der Waals surface area (Å²) in [5, 5.41) is 3.20. The fourth-order valence-corrected chi connectivity index (χ4v) is 1.63. The normalized spacial score (nSPS) is 10.7. The van der Waals surface area contributed by atoms with Gasteiger partial charge in [0.2, 0.25) is 0 Å². The molecule has 0 spiro atoms. The molecule has 0 unspecified atom stereocenters. The highest BCUT2D eigenvalue weighted by atomic mass is 16.5. The highest BCUT2D eigenvalue weighted by molar-refractivity contribution is 5.70. The van der Waals surface area contributed by atoms with Crippen LogP contribution in [0.3, 0.4) is 0 Å². The molecule has 0 saturated heterocycles. The highest BCUT2D eigenvalue weighted by Gasteiger charge is 2.23. The standard InChI is InChI=1S/C14H25NO3/c1-7-17-12(4)9-11(3)15-14(5,6)10-13(16)18-8-2/h15H,3-4,7-10H2,1-2,5-6H3. The van der Waals surface area contributed by atoms with Crippen molar-refractivity contribution in [1.29, 1.82) is 0 Å². The molecule has 0 saturated carbocycles. The van der Waals surface area contributed by atoms with E-state index in [-0.39, 0.29) is 5.97 Å². The van der Waals surface area contributed by atoms with Gasteiger partial charge in [0, 0.05) is 17.7 Å². The van der Waals surface area contributed by atoms with Crippen LogP contribution in [-0.2, 0) is 14.3 Å². The van der Waals surface area contributed by atoms with E-state index in [0.29, 0.717) is 31.8 Å². The van der Waals surface area contributed by atoms with Crippen LogP contribution < -0.4 is 5.32 Å². The Morgan fingerprint density at radius 2 is 1.72 bits per heavy atom. The Morgan fingerprint density at radius 1 is 1.17 bits per heavy atom. The van der Waals surface area contributed by atoms with E-state index < -0.39 is 5.54 Å². The van der Waals surface area contributed by atoms with Gasteiger partial charge in [0.15, 0.2) is 0 Å². The summed E-state index contributed by atoms with van der Waals surface area (Å²) in [7, 11) is 0.